The molecule has 2 aromatic heterocycles. The second-order valence-electron chi connectivity index (χ2n) is 7.51. The van der Waals surface area contributed by atoms with Crippen LogP contribution >= 0.6 is 11.3 Å². The zero-order chi connectivity index (χ0) is 23.8. The number of carbonyl (C=O) groups excluding carboxylic acids is 2. The number of hydrogen-bond donors (Lipinski definition) is 2. The Morgan fingerprint density at radius 2 is 1.88 bits per heavy atom. The standard InChI is InChI=1S/C23H19F3N4O2S/c1-13-8-18(22(32)28-12-20(27)31)29-30(13)19-7-3-5-15-11-17(33-21(15)19)10-14-4-2-6-16(9-14)23(24,25)26/h2-9,11H,10,12H2,1H3,(H2,27,31)(H,28,32). The molecule has 0 fully saturated rings. The Labute approximate surface area is 190 Å². The molecule has 0 saturated carbocycles. The molecule has 33 heavy (non-hydrogen) atoms. The summed E-state index contributed by atoms with van der Waals surface area (Å²) in [6.07, 6.45) is -4.02. The molecule has 0 unspecified atom stereocenters. The van der Waals surface area contributed by atoms with Crippen LogP contribution in [0.3, 0.4) is 0 Å². The number of nitrogens with one attached hydrogen (secondary N) is 1. The number of amides is 2. The number of halogens is 3. The van der Waals surface area contributed by atoms with Gasteiger partial charge in [0.05, 0.1) is 22.5 Å². The van der Waals surface area contributed by atoms with E-state index in [0.29, 0.717) is 17.7 Å². The summed E-state index contributed by atoms with van der Waals surface area (Å²) in [4.78, 5) is 24.1. The van der Waals surface area contributed by atoms with Crippen molar-refractivity contribution in [2.75, 3.05) is 6.54 Å². The summed E-state index contributed by atoms with van der Waals surface area (Å²) in [5.74, 6) is -1.17. The number of alkyl halides is 3. The summed E-state index contributed by atoms with van der Waals surface area (Å²) >= 11 is 1.46. The van der Waals surface area contributed by atoms with Crippen LogP contribution in [-0.4, -0.2) is 28.1 Å². The fourth-order valence-corrected chi connectivity index (χ4v) is 4.69. The highest BCUT2D eigenvalue weighted by Crippen LogP contribution is 2.34. The lowest BCUT2D eigenvalue weighted by atomic mass is 10.1. The number of carbonyl (C=O) groups is 2. The minimum atomic E-state index is -4.39. The third kappa shape index (κ3) is 4.90. The zero-order valence-electron chi connectivity index (χ0n) is 17.4. The number of nitrogens with zero attached hydrogens (tertiary/aromatic N) is 2. The Balaban J connectivity index is 1.65. The fraction of sp³-hybridized carbons (Fsp3) is 0.174. The number of primary amides is 1. The average Bonchev–Trinajstić information content (AvgIpc) is 3.34. The number of rotatable bonds is 6. The molecule has 4 rings (SSSR count). The molecule has 0 aliphatic carbocycles. The van der Waals surface area contributed by atoms with Gasteiger partial charge >= 0.3 is 6.18 Å². The molecule has 0 atom stereocenters. The van der Waals surface area contributed by atoms with Crippen molar-refractivity contribution in [2.45, 2.75) is 19.5 Å². The first-order chi connectivity index (χ1) is 15.6. The number of hydrogen-bond acceptors (Lipinski definition) is 4. The van der Waals surface area contributed by atoms with Crippen molar-refractivity contribution < 1.29 is 22.8 Å². The monoisotopic (exact) mass is 472 g/mol. The van der Waals surface area contributed by atoms with Gasteiger partial charge in [-0.05, 0) is 42.1 Å². The second-order valence-corrected chi connectivity index (χ2v) is 8.65. The van der Waals surface area contributed by atoms with Gasteiger partial charge in [-0.1, -0.05) is 30.3 Å². The van der Waals surface area contributed by atoms with Crippen LogP contribution in [-0.2, 0) is 17.4 Å². The summed E-state index contributed by atoms with van der Waals surface area (Å²) < 4.78 is 41.7. The second kappa shape index (κ2) is 8.70. The molecule has 2 amide bonds. The Hall–Kier alpha value is -3.66. The zero-order valence-corrected chi connectivity index (χ0v) is 18.3. The van der Waals surface area contributed by atoms with E-state index in [4.69, 9.17) is 5.73 Å². The molecular formula is C23H19F3N4O2S. The van der Waals surface area contributed by atoms with Crippen LogP contribution in [0.15, 0.2) is 54.6 Å². The van der Waals surface area contributed by atoms with Crippen molar-refractivity contribution in [1.29, 1.82) is 0 Å². The van der Waals surface area contributed by atoms with Crippen LogP contribution in [0.5, 0.6) is 0 Å². The molecule has 3 N–H and O–H groups in total. The summed E-state index contributed by atoms with van der Waals surface area (Å²) in [6.45, 7) is 1.51. The smallest absolute Gasteiger partial charge is 0.368 e. The predicted molar refractivity (Wildman–Crippen MR) is 119 cm³/mol. The molecule has 2 aromatic carbocycles. The summed E-state index contributed by atoms with van der Waals surface area (Å²) in [5.41, 5.74) is 6.56. The van der Waals surface area contributed by atoms with E-state index < -0.39 is 23.6 Å². The number of fused-ring (bicyclic) bond motifs is 1. The average molecular weight is 472 g/mol. The number of thiophene rings is 1. The molecule has 0 aliphatic heterocycles. The minimum Gasteiger partial charge on any atom is -0.368 e. The lowest BCUT2D eigenvalue weighted by Crippen LogP contribution is -2.33. The van der Waals surface area contributed by atoms with Gasteiger partial charge in [-0.2, -0.15) is 18.3 Å². The van der Waals surface area contributed by atoms with Crippen molar-refractivity contribution in [2.24, 2.45) is 5.73 Å². The number of aryl methyl sites for hydroxylation is 1. The SMILES string of the molecule is Cc1cc(C(=O)NCC(N)=O)nn1-c1cccc2cc(Cc3cccc(C(F)(F)F)c3)sc12. The highest BCUT2D eigenvalue weighted by atomic mass is 32.1. The van der Waals surface area contributed by atoms with Crippen LogP contribution in [0, 0.1) is 6.92 Å². The van der Waals surface area contributed by atoms with Crippen LogP contribution in [0.2, 0.25) is 0 Å². The fourth-order valence-electron chi connectivity index (χ4n) is 3.50. The Morgan fingerprint density at radius 1 is 1.12 bits per heavy atom. The highest BCUT2D eigenvalue weighted by molar-refractivity contribution is 7.19. The third-order valence-corrected chi connectivity index (χ3v) is 6.15. The van der Waals surface area contributed by atoms with Crippen LogP contribution < -0.4 is 11.1 Å². The number of aromatic nitrogens is 2. The first-order valence-corrected chi connectivity index (χ1v) is 10.7. The lowest BCUT2D eigenvalue weighted by Gasteiger charge is -2.08. The Morgan fingerprint density at radius 3 is 2.61 bits per heavy atom. The van der Waals surface area contributed by atoms with Crippen molar-refractivity contribution in [3.8, 4) is 5.69 Å². The van der Waals surface area contributed by atoms with E-state index in [1.54, 1.807) is 23.7 Å². The van der Waals surface area contributed by atoms with Gasteiger partial charge in [0, 0.05) is 17.0 Å². The molecular weight excluding hydrogens is 453 g/mol. The molecule has 0 radical (unpaired) electrons. The predicted octanol–water partition coefficient (Wildman–Crippen LogP) is 4.22. The first-order valence-electron chi connectivity index (χ1n) is 9.93. The highest BCUT2D eigenvalue weighted by Gasteiger charge is 2.30. The van der Waals surface area contributed by atoms with E-state index in [0.717, 1.165) is 26.7 Å². The molecule has 170 valence electrons. The molecule has 0 bridgehead atoms. The van der Waals surface area contributed by atoms with Gasteiger partial charge in [-0.15, -0.1) is 11.3 Å². The largest absolute Gasteiger partial charge is 0.416 e. The Kier molecular flexibility index (Phi) is 5.94. The van der Waals surface area contributed by atoms with E-state index in [-0.39, 0.29) is 12.2 Å². The van der Waals surface area contributed by atoms with Gasteiger partial charge in [0.1, 0.15) is 0 Å². The van der Waals surface area contributed by atoms with Gasteiger partial charge in [0.2, 0.25) is 5.91 Å². The lowest BCUT2D eigenvalue weighted by molar-refractivity contribution is -0.137. The normalized spacial score (nSPS) is 11.6. The van der Waals surface area contributed by atoms with Crippen LogP contribution in [0.25, 0.3) is 15.8 Å². The quantitative estimate of drug-likeness (QED) is 0.440. The van der Waals surface area contributed by atoms with Crippen LogP contribution in [0.4, 0.5) is 13.2 Å². The van der Waals surface area contributed by atoms with E-state index in [2.05, 4.69) is 10.4 Å². The molecule has 10 heteroatoms. The maximum absolute atomic E-state index is 13.0. The van der Waals surface area contributed by atoms with Crippen molar-refractivity contribution >= 4 is 33.2 Å². The van der Waals surface area contributed by atoms with E-state index in [1.165, 1.54) is 23.5 Å². The van der Waals surface area contributed by atoms with Crippen molar-refractivity contribution in [1.82, 2.24) is 15.1 Å². The van der Waals surface area contributed by atoms with Gasteiger partial charge in [-0.25, -0.2) is 4.68 Å². The molecule has 4 aromatic rings. The summed E-state index contributed by atoms with van der Waals surface area (Å²) in [6, 6.07) is 14.5. The van der Waals surface area contributed by atoms with Gasteiger partial charge in [0.25, 0.3) is 5.91 Å². The maximum Gasteiger partial charge on any atom is 0.416 e. The maximum atomic E-state index is 13.0. The van der Waals surface area contributed by atoms with Gasteiger partial charge in [-0.3, -0.25) is 9.59 Å². The van der Waals surface area contributed by atoms with Crippen LogP contribution in [0.1, 0.15) is 32.2 Å². The minimum absolute atomic E-state index is 0.145. The summed E-state index contributed by atoms with van der Waals surface area (Å²) in [7, 11) is 0. The molecule has 0 spiro atoms. The van der Waals surface area contributed by atoms with Gasteiger partial charge in [0.15, 0.2) is 5.69 Å². The van der Waals surface area contributed by atoms with E-state index >= 15 is 0 Å². The van der Waals surface area contributed by atoms with Gasteiger partial charge < -0.3 is 11.1 Å². The number of nitrogens with two attached hydrogens (primary N) is 1. The topological polar surface area (TPSA) is 90.0 Å². The molecule has 2 heterocycles. The third-order valence-electron chi connectivity index (χ3n) is 4.98. The summed E-state index contributed by atoms with van der Waals surface area (Å²) in [5, 5.41) is 7.71. The Bertz CT molecular complexity index is 1360. The first kappa shape index (κ1) is 22.5. The number of benzene rings is 2. The van der Waals surface area contributed by atoms with Crippen molar-refractivity contribution in [3.05, 3.63) is 82.0 Å². The molecule has 6 nitrogen and oxygen atoms in total. The molecule has 0 saturated heterocycles. The molecule has 0 aliphatic rings. The van der Waals surface area contributed by atoms with Crippen molar-refractivity contribution in [3.63, 3.8) is 0 Å². The van der Waals surface area contributed by atoms with E-state index in [1.807, 2.05) is 24.3 Å². The van der Waals surface area contributed by atoms with E-state index in [9.17, 15) is 22.8 Å².